The zero-order valence-electron chi connectivity index (χ0n) is 12.9. The molecule has 1 aromatic carbocycles. The maximum Gasteiger partial charge on any atom is 0.232 e. The summed E-state index contributed by atoms with van der Waals surface area (Å²) in [6.07, 6.45) is 2.26. The van der Waals surface area contributed by atoms with Crippen LogP contribution in [0.3, 0.4) is 0 Å². The summed E-state index contributed by atoms with van der Waals surface area (Å²) in [5, 5.41) is 6.41. The fraction of sp³-hybridized carbons (Fsp3) is 0.353. The van der Waals surface area contributed by atoms with Gasteiger partial charge in [0, 0.05) is 30.6 Å². The van der Waals surface area contributed by atoms with Gasteiger partial charge >= 0.3 is 0 Å². The third kappa shape index (κ3) is 2.77. The second kappa shape index (κ2) is 5.74. The predicted molar refractivity (Wildman–Crippen MR) is 83.4 cm³/mol. The van der Waals surface area contributed by atoms with Crippen LogP contribution < -0.4 is 5.32 Å². The van der Waals surface area contributed by atoms with Crippen molar-refractivity contribution in [3.8, 4) is 11.3 Å². The SMILES string of the molecule is O=C(Nc1cc(-c2ccccc2F)no1)C1CC(=O)N(C2CC2)C1. The summed E-state index contributed by atoms with van der Waals surface area (Å²) >= 11 is 0. The van der Waals surface area contributed by atoms with E-state index < -0.39 is 5.82 Å². The quantitative estimate of drug-likeness (QED) is 0.935. The van der Waals surface area contributed by atoms with Gasteiger partial charge in [-0.05, 0) is 25.0 Å². The lowest BCUT2D eigenvalue weighted by Crippen LogP contribution is -2.29. The first-order valence-electron chi connectivity index (χ1n) is 7.94. The number of benzene rings is 1. The Morgan fingerprint density at radius 2 is 2.12 bits per heavy atom. The van der Waals surface area contributed by atoms with Gasteiger partial charge in [0.15, 0.2) is 0 Å². The molecule has 2 aromatic rings. The van der Waals surface area contributed by atoms with Gasteiger partial charge in [-0.3, -0.25) is 14.9 Å². The van der Waals surface area contributed by atoms with Crippen molar-refractivity contribution in [1.82, 2.24) is 10.1 Å². The van der Waals surface area contributed by atoms with Gasteiger partial charge in [0.1, 0.15) is 11.5 Å². The second-order valence-electron chi connectivity index (χ2n) is 6.22. The minimum Gasteiger partial charge on any atom is -0.339 e. The topological polar surface area (TPSA) is 75.4 Å². The van der Waals surface area contributed by atoms with Gasteiger partial charge in [-0.1, -0.05) is 17.3 Å². The minimum absolute atomic E-state index is 0.0299. The number of nitrogens with zero attached hydrogens (tertiary/aromatic N) is 2. The molecule has 0 spiro atoms. The van der Waals surface area contributed by atoms with Crippen LogP contribution in [0.25, 0.3) is 11.3 Å². The van der Waals surface area contributed by atoms with E-state index in [4.69, 9.17) is 4.52 Å². The Labute approximate surface area is 137 Å². The van der Waals surface area contributed by atoms with E-state index >= 15 is 0 Å². The third-order valence-corrected chi connectivity index (χ3v) is 4.42. The molecule has 2 aliphatic rings. The van der Waals surface area contributed by atoms with Crippen LogP contribution in [0.15, 0.2) is 34.9 Å². The molecular formula is C17H16FN3O3. The van der Waals surface area contributed by atoms with Crippen molar-refractivity contribution in [2.45, 2.75) is 25.3 Å². The van der Waals surface area contributed by atoms with E-state index in [1.807, 2.05) is 0 Å². The first kappa shape index (κ1) is 14.9. The van der Waals surface area contributed by atoms with E-state index in [2.05, 4.69) is 10.5 Å². The van der Waals surface area contributed by atoms with Crippen LogP contribution in [-0.4, -0.2) is 34.5 Å². The molecule has 2 heterocycles. The summed E-state index contributed by atoms with van der Waals surface area (Å²) in [7, 11) is 0. The highest BCUT2D eigenvalue weighted by atomic mass is 19.1. The molecular weight excluding hydrogens is 313 g/mol. The zero-order chi connectivity index (χ0) is 16.7. The fourth-order valence-electron chi connectivity index (χ4n) is 3.00. The number of nitrogens with one attached hydrogen (secondary N) is 1. The van der Waals surface area contributed by atoms with Crippen molar-refractivity contribution in [3.05, 3.63) is 36.1 Å². The van der Waals surface area contributed by atoms with E-state index in [0.717, 1.165) is 12.8 Å². The number of anilines is 1. The molecule has 2 fully saturated rings. The monoisotopic (exact) mass is 329 g/mol. The summed E-state index contributed by atoms with van der Waals surface area (Å²) in [5.41, 5.74) is 0.614. The second-order valence-corrected chi connectivity index (χ2v) is 6.22. The van der Waals surface area contributed by atoms with Crippen LogP contribution in [0.1, 0.15) is 19.3 Å². The summed E-state index contributed by atoms with van der Waals surface area (Å²) in [5.74, 6) is -0.897. The lowest BCUT2D eigenvalue weighted by molar-refractivity contribution is -0.128. The smallest absolute Gasteiger partial charge is 0.232 e. The number of amides is 2. The van der Waals surface area contributed by atoms with Crippen molar-refractivity contribution in [3.63, 3.8) is 0 Å². The van der Waals surface area contributed by atoms with Crippen molar-refractivity contribution in [2.24, 2.45) is 5.92 Å². The molecule has 1 aromatic heterocycles. The summed E-state index contributed by atoms with van der Waals surface area (Å²) in [6, 6.07) is 7.99. The number of carbonyl (C=O) groups is 2. The molecule has 4 rings (SSSR count). The Hall–Kier alpha value is -2.70. The van der Waals surface area contributed by atoms with E-state index in [1.165, 1.54) is 12.1 Å². The van der Waals surface area contributed by atoms with E-state index in [1.54, 1.807) is 23.1 Å². The summed E-state index contributed by atoms with van der Waals surface area (Å²) in [4.78, 5) is 26.0. The summed E-state index contributed by atoms with van der Waals surface area (Å²) in [6.45, 7) is 0.448. The van der Waals surface area contributed by atoms with E-state index in [-0.39, 0.29) is 30.0 Å². The zero-order valence-corrected chi connectivity index (χ0v) is 12.9. The Bertz CT molecular complexity index is 800. The van der Waals surface area contributed by atoms with Crippen molar-refractivity contribution >= 4 is 17.7 Å². The van der Waals surface area contributed by atoms with Gasteiger partial charge in [-0.2, -0.15) is 0 Å². The highest BCUT2D eigenvalue weighted by Gasteiger charge is 2.41. The number of likely N-dealkylation sites (tertiary alicyclic amines) is 1. The van der Waals surface area contributed by atoms with Crippen LogP contribution in [-0.2, 0) is 9.59 Å². The molecule has 0 radical (unpaired) electrons. The maximum absolute atomic E-state index is 13.7. The van der Waals surface area contributed by atoms with E-state index in [9.17, 15) is 14.0 Å². The Morgan fingerprint density at radius 1 is 1.33 bits per heavy atom. The molecule has 124 valence electrons. The minimum atomic E-state index is -0.412. The molecule has 1 saturated carbocycles. The third-order valence-electron chi connectivity index (χ3n) is 4.42. The van der Waals surface area contributed by atoms with Crippen molar-refractivity contribution in [2.75, 3.05) is 11.9 Å². The van der Waals surface area contributed by atoms with Gasteiger partial charge in [-0.15, -0.1) is 0 Å². The average Bonchev–Trinajstić information content (AvgIpc) is 3.18. The molecule has 0 bridgehead atoms. The molecule has 1 aliphatic carbocycles. The van der Waals surface area contributed by atoms with E-state index in [0.29, 0.717) is 23.8 Å². The first-order chi connectivity index (χ1) is 11.6. The van der Waals surface area contributed by atoms with Crippen molar-refractivity contribution in [1.29, 1.82) is 0 Å². The van der Waals surface area contributed by atoms with Crippen LogP contribution in [0.2, 0.25) is 0 Å². The molecule has 6 nitrogen and oxygen atoms in total. The fourth-order valence-corrected chi connectivity index (χ4v) is 3.00. The molecule has 1 atom stereocenters. The molecule has 1 saturated heterocycles. The molecule has 2 amide bonds. The van der Waals surface area contributed by atoms with Crippen molar-refractivity contribution < 1.29 is 18.5 Å². The Kier molecular flexibility index (Phi) is 3.55. The summed E-state index contributed by atoms with van der Waals surface area (Å²) < 4.78 is 18.8. The normalized spacial score (nSPS) is 20.5. The number of rotatable bonds is 4. The van der Waals surface area contributed by atoms with Gasteiger partial charge in [0.05, 0.1) is 5.92 Å². The number of carbonyl (C=O) groups excluding carboxylic acids is 2. The first-order valence-corrected chi connectivity index (χ1v) is 7.94. The number of halogens is 1. The Balaban J connectivity index is 1.43. The highest BCUT2D eigenvalue weighted by Crippen LogP contribution is 2.33. The molecule has 1 N–H and O–H groups in total. The average molecular weight is 329 g/mol. The van der Waals surface area contributed by atoms with Crippen LogP contribution in [0.4, 0.5) is 10.3 Å². The van der Waals surface area contributed by atoms with Gasteiger partial charge in [-0.25, -0.2) is 4.39 Å². The number of hydrogen-bond donors (Lipinski definition) is 1. The standard InChI is InChI=1S/C17H16FN3O3/c18-13-4-2-1-3-12(13)14-8-15(24-20-14)19-17(23)10-7-16(22)21(9-10)11-5-6-11/h1-4,8,10-11H,5-7,9H2,(H,19,23). The molecule has 7 heteroatoms. The van der Waals surface area contributed by atoms with Gasteiger partial charge in [0.2, 0.25) is 17.7 Å². The maximum atomic E-state index is 13.7. The van der Waals surface area contributed by atoms with Crippen LogP contribution >= 0.6 is 0 Å². The molecule has 1 aliphatic heterocycles. The predicted octanol–water partition coefficient (Wildman–Crippen LogP) is 2.43. The van der Waals surface area contributed by atoms with Gasteiger partial charge in [0.25, 0.3) is 0 Å². The van der Waals surface area contributed by atoms with Crippen LogP contribution in [0.5, 0.6) is 0 Å². The largest absolute Gasteiger partial charge is 0.339 e. The Morgan fingerprint density at radius 3 is 2.88 bits per heavy atom. The lowest BCUT2D eigenvalue weighted by atomic mass is 10.1. The molecule has 1 unspecified atom stereocenters. The highest BCUT2D eigenvalue weighted by molar-refractivity contribution is 5.96. The lowest BCUT2D eigenvalue weighted by Gasteiger charge is -2.14. The number of aromatic nitrogens is 1. The molecule has 24 heavy (non-hydrogen) atoms. The number of hydrogen-bond acceptors (Lipinski definition) is 4. The van der Waals surface area contributed by atoms with Gasteiger partial charge < -0.3 is 9.42 Å². The van der Waals surface area contributed by atoms with Crippen LogP contribution in [0, 0.1) is 11.7 Å².